The lowest BCUT2D eigenvalue weighted by Gasteiger charge is -2.11. The minimum Gasteiger partial charge on any atom is -0.487 e. The van der Waals surface area contributed by atoms with Crippen molar-refractivity contribution < 1.29 is 17.9 Å². The van der Waals surface area contributed by atoms with Crippen LogP contribution in [0.2, 0.25) is 0 Å². The van der Waals surface area contributed by atoms with Crippen molar-refractivity contribution in [3.63, 3.8) is 0 Å². The normalized spacial score (nSPS) is 11.1. The fraction of sp³-hybridized carbons (Fsp3) is 0.0870. The number of hydrogen-bond acceptors (Lipinski definition) is 6. The van der Waals surface area contributed by atoms with Gasteiger partial charge in [-0.15, -0.1) is 0 Å². The number of nitrogens with zero attached hydrogens (tertiary/aromatic N) is 3. The van der Waals surface area contributed by atoms with Crippen LogP contribution in [-0.2, 0) is 23.2 Å². The second kappa shape index (κ2) is 9.44. The maximum absolute atomic E-state index is 12.4. The van der Waals surface area contributed by atoms with Gasteiger partial charge in [-0.05, 0) is 42.0 Å². The van der Waals surface area contributed by atoms with E-state index in [-0.39, 0.29) is 17.1 Å². The van der Waals surface area contributed by atoms with Crippen LogP contribution in [0.3, 0.4) is 0 Å². The predicted molar refractivity (Wildman–Crippen MR) is 117 cm³/mol. The lowest BCUT2D eigenvalue weighted by Crippen LogP contribution is -2.30. The Hall–Kier alpha value is -3.98. The summed E-state index contributed by atoms with van der Waals surface area (Å²) in [5.74, 6) is -0.0480. The fourth-order valence-electron chi connectivity index (χ4n) is 2.98. The van der Waals surface area contributed by atoms with E-state index in [1.807, 2.05) is 16.8 Å². The molecule has 4 aromatic rings. The van der Waals surface area contributed by atoms with Crippen LogP contribution in [0, 0.1) is 0 Å². The summed E-state index contributed by atoms with van der Waals surface area (Å²) < 4.78 is 34.5. The number of hydrogen-bond donors (Lipinski definition) is 1. The standard InChI is InChI=1S/C23H20N4O4S/c28-23(26-32(29,30)20-5-2-1-3-6-20)19-10-8-18(9-11-19)16-31-22-7-4-12-25-21(22)15-27-14-13-24-17-27/h1-14,17H,15-16H2,(H,26,28). The molecule has 0 atom stereocenters. The highest BCUT2D eigenvalue weighted by atomic mass is 32.2. The molecule has 0 saturated heterocycles. The number of amides is 1. The number of carbonyl (C=O) groups excluding carboxylic acids is 1. The quantitative estimate of drug-likeness (QED) is 0.444. The molecule has 0 fully saturated rings. The number of aromatic nitrogens is 3. The van der Waals surface area contributed by atoms with E-state index in [1.165, 1.54) is 12.1 Å². The number of benzene rings is 2. The number of carbonyl (C=O) groups is 1. The van der Waals surface area contributed by atoms with Crippen molar-refractivity contribution in [2.75, 3.05) is 0 Å². The lowest BCUT2D eigenvalue weighted by atomic mass is 10.1. The van der Waals surface area contributed by atoms with Gasteiger partial charge in [-0.1, -0.05) is 30.3 Å². The predicted octanol–water partition coefficient (Wildman–Crippen LogP) is 3.02. The van der Waals surface area contributed by atoms with Crippen molar-refractivity contribution in [3.05, 3.63) is 108 Å². The Morgan fingerprint density at radius 1 is 0.969 bits per heavy atom. The van der Waals surface area contributed by atoms with Gasteiger partial charge in [0.15, 0.2) is 0 Å². The largest absolute Gasteiger partial charge is 0.487 e. The number of imidazole rings is 1. The van der Waals surface area contributed by atoms with Crippen LogP contribution in [-0.4, -0.2) is 28.9 Å². The molecular weight excluding hydrogens is 428 g/mol. The number of rotatable bonds is 8. The number of nitrogens with one attached hydrogen (secondary N) is 1. The van der Waals surface area contributed by atoms with Crippen LogP contribution in [0.15, 0.2) is 96.5 Å². The summed E-state index contributed by atoms with van der Waals surface area (Å²) in [7, 11) is -3.93. The summed E-state index contributed by atoms with van der Waals surface area (Å²) in [6.45, 7) is 0.804. The van der Waals surface area contributed by atoms with Gasteiger partial charge in [-0.3, -0.25) is 9.78 Å². The van der Waals surface area contributed by atoms with Crippen molar-refractivity contribution in [2.24, 2.45) is 0 Å². The first-order valence-corrected chi connectivity index (χ1v) is 11.2. The molecule has 9 heteroatoms. The molecule has 4 rings (SSSR count). The third-order valence-corrected chi connectivity index (χ3v) is 5.98. The third-order valence-electron chi connectivity index (χ3n) is 4.63. The molecule has 32 heavy (non-hydrogen) atoms. The molecule has 2 aromatic heterocycles. The Morgan fingerprint density at radius 2 is 1.75 bits per heavy atom. The SMILES string of the molecule is O=C(NS(=O)(=O)c1ccccc1)c1ccc(COc2cccnc2Cn2ccnc2)cc1. The van der Waals surface area contributed by atoms with Gasteiger partial charge in [-0.25, -0.2) is 18.1 Å². The first-order valence-electron chi connectivity index (χ1n) is 9.75. The number of ether oxygens (including phenoxy) is 1. The zero-order chi connectivity index (χ0) is 22.4. The number of sulfonamides is 1. The van der Waals surface area contributed by atoms with Crippen LogP contribution < -0.4 is 9.46 Å². The van der Waals surface area contributed by atoms with Gasteiger partial charge in [0.2, 0.25) is 0 Å². The molecule has 162 valence electrons. The molecule has 1 amide bonds. The van der Waals surface area contributed by atoms with Crippen LogP contribution in [0.4, 0.5) is 0 Å². The van der Waals surface area contributed by atoms with E-state index in [0.717, 1.165) is 11.3 Å². The van der Waals surface area contributed by atoms with E-state index >= 15 is 0 Å². The van der Waals surface area contributed by atoms with Crippen LogP contribution in [0.25, 0.3) is 0 Å². The van der Waals surface area contributed by atoms with Gasteiger partial charge >= 0.3 is 0 Å². The van der Waals surface area contributed by atoms with E-state index in [0.29, 0.717) is 12.3 Å². The lowest BCUT2D eigenvalue weighted by molar-refractivity contribution is 0.0981. The molecular formula is C23H20N4O4S. The van der Waals surface area contributed by atoms with Gasteiger partial charge in [0.05, 0.1) is 17.8 Å². The van der Waals surface area contributed by atoms with Gasteiger partial charge < -0.3 is 9.30 Å². The smallest absolute Gasteiger partial charge is 0.264 e. The Kier molecular flexibility index (Phi) is 6.27. The van der Waals surface area contributed by atoms with Crippen LogP contribution in [0.1, 0.15) is 21.6 Å². The highest BCUT2D eigenvalue weighted by Crippen LogP contribution is 2.18. The van der Waals surface area contributed by atoms with E-state index in [4.69, 9.17) is 4.74 Å². The monoisotopic (exact) mass is 448 g/mol. The van der Waals surface area contributed by atoms with Gasteiger partial charge in [0, 0.05) is 24.2 Å². The molecule has 1 N–H and O–H groups in total. The Balaban J connectivity index is 1.39. The first-order chi connectivity index (χ1) is 15.5. The summed E-state index contributed by atoms with van der Waals surface area (Å²) in [5, 5.41) is 0. The van der Waals surface area contributed by atoms with Crippen molar-refractivity contribution in [1.29, 1.82) is 0 Å². The van der Waals surface area contributed by atoms with Gasteiger partial charge in [0.1, 0.15) is 18.1 Å². The molecule has 0 aliphatic rings. The Morgan fingerprint density at radius 3 is 2.47 bits per heavy atom. The molecule has 8 nitrogen and oxygen atoms in total. The summed E-state index contributed by atoms with van der Waals surface area (Å²) in [6, 6.07) is 17.9. The molecule has 0 bridgehead atoms. The van der Waals surface area contributed by atoms with Crippen molar-refractivity contribution in [1.82, 2.24) is 19.3 Å². The van der Waals surface area contributed by atoms with Crippen molar-refractivity contribution in [3.8, 4) is 5.75 Å². The molecule has 0 saturated carbocycles. The average molecular weight is 449 g/mol. The summed E-state index contributed by atoms with van der Waals surface area (Å²) in [6.07, 6.45) is 6.96. The topological polar surface area (TPSA) is 103 Å². The van der Waals surface area contributed by atoms with Crippen molar-refractivity contribution in [2.45, 2.75) is 18.0 Å². The van der Waals surface area contributed by atoms with E-state index in [1.54, 1.807) is 67.3 Å². The molecule has 2 aromatic carbocycles. The Bertz CT molecular complexity index is 1290. The molecule has 0 spiro atoms. The van der Waals surface area contributed by atoms with Crippen LogP contribution in [0.5, 0.6) is 5.75 Å². The zero-order valence-electron chi connectivity index (χ0n) is 17.0. The summed E-state index contributed by atoms with van der Waals surface area (Å²) >= 11 is 0. The molecule has 0 aliphatic heterocycles. The molecule has 2 heterocycles. The highest BCUT2D eigenvalue weighted by molar-refractivity contribution is 7.90. The van der Waals surface area contributed by atoms with Crippen LogP contribution >= 0.6 is 0 Å². The maximum Gasteiger partial charge on any atom is 0.264 e. The molecule has 0 radical (unpaired) electrons. The van der Waals surface area contributed by atoms with E-state index in [2.05, 4.69) is 14.7 Å². The maximum atomic E-state index is 12.4. The van der Waals surface area contributed by atoms with Gasteiger partial charge in [0.25, 0.3) is 15.9 Å². The number of pyridine rings is 1. The molecule has 0 unspecified atom stereocenters. The molecule has 0 aliphatic carbocycles. The summed E-state index contributed by atoms with van der Waals surface area (Å²) in [4.78, 5) is 20.8. The zero-order valence-corrected chi connectivity index (χ0v) is 17.8. The van der Waals surface area contributed by atoms with Gasteiger partial charge in [-0.2, -0.15) is 0 Å². The summed E-state index contributed by atoms with van der Waals surface area (Å²) in [5.41, 5.74) is 1.83. The van der Waals surface area contributed by atoms with E-state index in [9.17, 15) is 13.2 Å². The minimum absolute atomic E-state index is 0.0290. The second-order valence-corrected chi connectivity index (χ2v) is 8.60. The average Bonchev–Trinajstić information content (AvgIpc) is 3.32. The highest BCUT2D eigenvalue weighted by Gasteiger charge is 2.18. The fourth-order valence-corrected chi connectivity index (χ4v) is 3.97. The third kappa shape index (κ3) is 5.19. The van der Waals surface area contributed by atoms with Crippen molar-refractivity contribution >= 4 is 15.9 Å². The van der Waals surface area contributed by atoms with E-state index < -0.39 is 15.9 Å². The first kappa shape index (κ1) is 21.3. The Labute approximate surface area is 185 Å². The minimum atomic E-state index is -3.93. The second-order valence-electron chi connectivity index (χ2n) is 6.92.